The van der Waals surface area contributed by atoms with Crippen molar-refractivity contribution in [1.29, 1.82) is 0 Å². The molecular weight excluding hydrogens is 639 g/mol. The molecular formula is C33H25IN6S. The number of para-hydroxylation sites is 1. The number of aromatic nitrogens is 4. The van der Waals surface area contributed by atoms with Crippen molar-refractivity contribution in [2.75, 3.05) is 5.43 Å². The van der Waals surface area contributed by atoms with Crippen molar-refractivity contribution < 1.29 is 0 Å². The minimum Gasteiger partial charge on any atom is -0.260 e. The van der Waals surface area contributed by atoms with E-state index in [0.717, 1.165) is 43.1 Å². The number of hydrogen-bond donors (Lipinski definition) is 1. The first-order valence-corrected chi connectivity index (χ1v) is 15.1. The molecule has 4 aromatic carbocycles. The van der Waals surface area contributed by atoms with Gasteiger partial charge in [-0.2, -0.15) is 10.2 Å². The summed E-state index contributed by atoms with van der Waals surface area (Å²) >= 11 is 3.82. The quantitative estimate of drug-likeness (QED) is 0.0554. The summed E-state index contributed by atoms with van der Waals surface area (Å²) in [5, 5.41) is 10.5. The van der Waals surface area contributed by atoms with Crippen molar-refractivity contribution >= 4 is 46.4 Å². The van der Waals surface area contributed by atoms with Gasteiger partial charge in [0.1, 0.15) is 5.69 Å². The molecule has 41 heavy (non-hydrogen) atoms. The highest BCUT2D eigenvalue weighted by Gasteiger charge is 2.20. The van der Waals surface area contributed by atoms with Gasteiger partial charge in [-0.15, -0.1) is 0 Å². The van der Waals surface area contributed by atoms with Crippen LogP contribution in [0.5, 0.6) is 0 Å². The Kier molecular flexibility index (Phi) is 8.49. The van der Waals surface area contributed by atoms with Crippen LogP contribution in [-0.4, -0.2) is 26.0 Å². The van der Waals surface area contributed by atoms with Gasteiger partial charge in [-0.3, -0.25) is 5.43 Å². The fraction of sp³-hybridized carbons (Fsp3) is 0.0303. The molecule has 6 rings (SSSR count). The van der Waals surface area contributed by atoms with Gasteiger partial charge < -0.3 is 0 Å². The Hall–Kier alpha value is -4.28. The molecule has 0 aliphatic heterocycles. The number of thioether (sulfide) groups is 1. The van der Waals surface area contributed by atoms with Crippen LogP contribution in [0.15, 0.2) is 138 Å². The first-order chi connectivity index (χ1) is 20.3. The van der Waals surface area contributed by atoms with Crippen molar-refractivity contribution in [3.63, 3.8) is 0 Å². The molecule has 0 fully saturated rings. The fourth-order valence-electron chi connectivity index (χ4n) is 4.38. The maximum absolute atomic E-state index is 5.10. The van der Waals surface area contributed by atoms with Gasteiger partial charge in [0, 0.05) is 23.1 Å². The second-order valence-electron chi connectivity index (χ2n) is 9.08. The number of anilines is 1. The SMILES string of the molecule is Ic1cnc(SCc2ccccc2)nc1N/N=C/c1c(-c2ccccc2)c(-c2ccccc2)nn1-c1ccccc1. The maximum atomic E-state index is 5.10. The fourth-order valence-corrected chi connectivity index (χ4v) is 5.53. The van der Waals surface area contributed by atoms with Crippen LogP contribution in [0.3, 0.4) is 0 Å². The minimum atomic E-state index is 0.655. The smallest absolute Gasteiger partial charge is 0.189 e. The van der Waals surface area contributed by atoms with Crippen LogP contribution >= 0.6 is 34.4 Å². The van der Waals surface area contributed by atoms with E-state index < -0.39 is 0 Å². The van der Waals surface area contributed by atoms with E-state index in [9.17, 15) is 0 Å². The monoisotopic (exact) mass is 664 g/mol. The third-order valence-corrected chi connectivity index (χ3v) is 8.04. The van der Waals surface area contributed by atoms with Crippen molar-refractivity contribution in [2.24, 2.45) is 5.10 Å². The molecule has 2 heterocycles. The molecule has 0 amide bonds. The van der Waals surface area contributed by atoms with Crippen LogP contribution in [0.4, 0.5) is 5.82 Å². The second kappa shape index (κ2) is 12.9. The van der Waals surface area contributed by atoms with E-state index in [-0.39, 0.29) is 0 Å². The van der Waals surface area contributed by atoms with Gasteiger partial charge in [0.05, 0.1) is 21.2 Å². The predicted molar refractivity (Wildman–Crippen MR) is 176 cm³/mol. The molecule has 1 N–H and O–H groups in total. The molecule has 0 saturated heterocycles. The van der Waals surface area contributed by atoms with Gasteiger partial charge in [-0.05, 0) is 45.9 Å². The zero-order valence-electron chi connectivity index (χ0n) is 21.9. The number of benzene rings is 4. The van der Waals surface area contributed by atoms with Gasteiger partial charge in [0.15, 0.2) is 11.0 Å². The van der Waals surface area contributed by atoms with Crippen LogP contribution in [-0.2, 0) is 5.75 Å². The molecule has 0 aliphatic rings. The summed E-state index contributed by atoms with van der Waals surface area (Å²) in [4.78, 5) is 9.23. The predicted octanol–water partition coefficient (Wildman–Crippen LogP) is 8.34. The highest BCUT2D eigenvalue weighted by atomic mass is 127. The van der Waals surface area contributed by atoms with Crippen molar-refractivity contribution in [3.8, 4) is 28.1 Å². The van der Waals surface area contributed by atoms with Gasteiger partial charge in [0.2, 0.25) is 0 Å². The lowest BCUT2D eigenvalue weighted by Crippen LogP contribution is -2.04. The van der Waals surface area contributed by atoms with Crippen molar-refractivity contribution in [3.05, 3.63) is 142 Å². The Morgan fingerprint density at radius 2 is 1.39 bits per heavy atom. The van der Waals surface area contributed by atoms with E-state index in [0.29, 0.717) is 11.0 Å². The zero-order valence-corrected chi connectivity index (χ0v) is 24.9. The Balaban J connectivity index is 1.37. The average molecular weight is 665 g/mol. The van der Waals surface area contributed by atoms with Crippen LogP contribution < -0.4 is 5.43 Å². The van der Waals surface area contributed by atoms with Crippen LogP contribution in [0, 0.1) is 3.57 Å². The number of nitrogens with zero attached hydrogens (tertiary/aromatic N) is 5. The van der Waals surface area contributed by atoms with Gasteiger partial charge in [0.25, 0.3) is 0 Å². The van der Waals surface area contributed by atoms with E-state index in [1.54, 1.807) is 11.8 Å². The summed E-state index contributed by atoms with van der Waals surface area (Å²) in [6.45, 7) is 0. The first kappa shape index (κ1) is 26.9. The molecule has 6 nitrogen and oxygen atoms in total. The Morgan fingerprint density at radius 1 is 0.780 bits per heavy atom. The van der Waals surface area contributed by atoms with Gasteiger partial charge in [-0.1, -0.05) is 121 Å². The lowest BCUT2D eigenvalue weighted by Gasteiger charge is -2.08. The van der Waals surface area contributed by atoms with Crippen LogP contribution in [0.2, 0.25) is 0 Å². The molecule has 2 aromatic heterocycles. The van der Waals surface area contributed by atoms with Crippen molar-refractivity contribution in [1.82, 2.24) is 19.7 Å². The molecule has 0 unspecified atom stereocenters. The number of hydrogen-bond acceptors (Lipinski definition) is 6. The summed E-state index contributed by atoms with van der Waals surface area (Å²) < 4.78 is 2.83. The Morgan fingerprint density at radius 3 is 2.07 bits per heavy atom. The highest BCUT2D eigenvalue weighted by Crippen LogP contribution is 2.35. The number of rotatable bonds is 9. The molecule has 200 valence electrons. The van der Waals surface area contributed by atoms with Crippen LogP contribution in [0.1, 0.15) is 11.3 Å². The summed E-state index contributed by atoms with van der Waals surface area (Å²) in [5.74, 6) is 1.45. The highest BCUT2D eigenvalue weighted by molar-refractivity contribution is 14.1. The van der Waals surface area contributed by atoms with Gasteiger partial charge in [-0.25, -0.2) is 14.6 Å². The Labute approximate surface area is 256 Å². The lowest BCUT2D eigenvalue weighted by atomic mass is 9.99. The van der Waals surface area contributed by atoms with E-state index >= 15 is 0 Å². The number of hydrazone groups is 1. The van der Waals surface area contributed by atoms with Gasteiger partial charge >= 0.3 is 0 Å². The molecule has 0 radical (unpaired) electrons. The summed E-state index contributed by atoms with van der Waals surface area (Å²) in [6, 6.07) is 41.0. The van der Waals surface area contributed by atoms with E-state index in [2.05, 4.69) is 74.5 Å². The third kappa shape index (κ3) is 6.39. The second-order valence-corrected chi connectivity index (χ2v) is 11.2. The summed E-state index contributed by atoms with van der Waals surface area (Å²) in [7, 11) is 0. The molecule has 0 bridgehead atoms. The number of halogens is 1. The normalized spacial score (nSPS) is 11.1. The standard InChI is InChI=1S/C33H25IN6S/c34-28-21-35-33(41-23-24-13-5-1-6-14-24)37-32(28)38-36-22-29-30(25-15-7-2-8-16-25)31(26-17-9-3-10-18-26)39-40(29)27-19-11-4-12-20-27/h1-22H,23H2,(H,35,37,38)/b36-22+. The molecule has 0 atom stereocenters. The van der Waals surface area contributed by atoms with E-state index in [1.165, 1.54) is 5.56 Å². The minimum absolute atomic E-state index is 0.655. The largest absolute Gasteiger partial charge is 0.260 e. The molecule has 0 spiro atoms. The van der Waals surface area contributed by atoms with E-state index in [1.807, 2.05) is 102 Å². The molecule has 0 aliphatic carbocycles. The molecule has 6 aromatic rings. The Bertz CT molecular complexity index is 1760. The first-order valence-electron chi connectivity index (χ1n) is 13.0. The average Bonchev–Trinajstić information content (AvgIpc) is 3.42. The summed E-state index contributed by atoms with van der Waals surface area (Å²) in [5.41, 5.74) is 10.2. The zero-order chi connectivity index (χ0) is 27.9. The maximum Gasteiger partial charge on any atom is 0.189 e. The lowest BCUT2D eigenvalue weighted by molar-refractivity contribution is 0.877. The summed E-state index contributed by atoms with van der Waals surface area (Å²) in [6.07, 6.45) is 3.64. The topological polar surface area (TPSA) is 68.0 Å². The molecule has 8 heteroatoms. The third-order valence-electron chi connectivity index (χ3n) is 6.32. The molecule has 0 saturated carbocycles. The number of nitrogens with one attached hydrogen (secondary N) is 1. The van der Waals surface area contributed by atoms with Crippen molar-refractivity contribution in [2.45, 2.75) is 10.9 Å². The van der Waals surface area contributed by atoms with E-state index in [4.69, 9.17) is 10.1 Å². The van der Waals surface area contributed by atoms with Crippen LogP contribution in [0.25, 0.3) is 28.1 Å².